The van der Waals surface area contributed by atoms with Crippen LogP contribution in [0, 0.1) is 0 Å². The van der Waals surface area contributed by atoms with Gasteiger partial charge in [-0.05, 0) is 19.8 Å². The highest BCUT2D eigenvalue weighted by Gasteiger charge is 1.87. The third-order valence-corrected chi connectivity index (χ3v) is 1.39. The molecule has 0 bridgehead atoms. The Morgan fingerprint density at radius 2 is 1.60 bits per heavy atom. The van der Waals surface area contributed by atoms with Gasteiger partial charge >= 0.3 is 5.97 Å². The monoisotopic (exact) mass is 218 g/mol. The van der Waals surface area contributed by atoms with E-state index >= 15 is 0 Å². The van der Waals surface area contributed by atoms with Gasteiger partial charge < -0.3 is 9.53 Å². The molecule has 0 radical (unpaired) electrons. The standard InChI is InChI=1S/C6H12O.C5H10O2.CH4/c1-3-4-5-6(2)7;1-3-4-7-5(2)6;/h3-5H2,1-2H3;3-4H2,1-2H3;1H4. The van der Waals surface area contributed by atoms with Crippen molar-refractivity contribution in [1.82, 2.24) is 0 Å². The lowest BCUT2D eigenvalue weighted by Gasteiger charge is -1.93. The maximum atomic E-state index is 10.2. The van der Waals surface area contributed by atoms with Crippen LogP contribution in [0.2, 0.25) is 0 Å². The van der Waals surface area contributed by atoms with Gasteiger partial charge in [-0.15, -0.1) is 0 Å². The molecule has 3 heteroatoms. The number of carbonyl (C=O) groups excluding carboxylic acids is 2. The van der Waals surface area contributed by atoms with E-state index in [1.165, 1.54) is 6.92 Å². The SMILES string of the molecule is C.CCCCC(C)=O.CCCOC(C)=O. The molecule has 0 saturated carbocycles. The molecule has 0 rings (SSSR count). The Morgan fingerprint density at radius 3 is 1.73 bits per heavy atom. The van der Waals surface area contributed by atoms with Crippen molar-refractivity contribution in [1.29, 1.82) is 0 Å². The molecule has 0 unspecified atom stereocenters. The van der Waals surface area contributed by atoms with Crippen LogP contribution in [0.15, 0.2) is 0 Å². The first-order valence-electron chi connectivity index (χ1n) is 5.17. The quantitative estimate of drug-likeness (QED) is 0.664. The van der Waals surface area contributed by atoms with E-state index in [1.807, 2.05) is 6.92 Å². The average molecular weight is 218 g/mol. The van der Waals surface area contributed by atoms with Gasteiger partial charge in [0.2, 0.25) is 0 Å². The molecule has 0 aliphatic carbocycles. The lowest BCUT2D eigenvalue weighted by Crippen LogP contribution is -1.98. The second-order valence-corrected chi connectivity index (χ2v) is 3.15. The number of hydrogen-bond donors (Lipinski definition) is 0. The average Bonchev–Trinajstić information content (AvgIpc) is 2.12. The molecule has 0 aromatic heterocycles. The van der Waals surface area contributed by atoms with Crippen LogP contribution in [0.25, 0.3) is 0 Å². The van der Waals surface area contributed by atoms with Crippen molar-refractivity contribution >= 4 is 11.8 Å². The summed E-state index contributed by atoms with van der Waals surface area (Å²) in [5.74, 6) is 0.115. The highest BCUT2D eigenvalue weighted by Crippen LogP contribution is 1.92. The molecule has 0 N–H and O–H groups in total. The summed E-state index contributed by atoms with van der Waals surface area (Å²) >= 11 is 0. The fourth-order valence-electron chi connectivity index (χ4n) is 0.672. The van der Waals surface area contributed by atoms with Crippen molar-refractivity contribution in [3.05, 3.63) is 0 Å². The van der Waals surface area contributed by atoms with E-state index in [9.17, 15) is 9.59 Å². The number of Topliss-reactive ketones (excluding diaryl/α,β-unsaturated/α-hetero) is 1. The fourth-order valence-corrected chi connectivity index (χ4v) is 0.672. The summed E-state index contributed by atoms with van der Waals surface area (Å²) in [5, 5.41) is 0. The van der Waals surface area contributed by atoms with Crippen LogP contribution in [0.1, 0.15) is 60.8 Å². The summed E-state index contributed by atoms with van der Waals surface area (Å²) in [4.78, 5) is 20.2. The van der Waals surface area contributed by atoms with E-state index in [0.717, 1.165) is 25.7 Å². The molecule has 0 saturated heterocycles. The summed E-state index contributed by atoms with van der Waals surface area (Å²) in [5.41, 5.74) is 0. The molecule has 0 fully saturated rings. The van der Waals surface area contributed by atoms with E-state index in [2.05, 4.69) is 11.7 Å². The van der Waals surface area contributed by atoms with E-state index in [1.54, 1.807) is 6.92 Å². The van der Waals surface area contributed by atoms with Crippen molar-refractivity contribution in [2.24, 2.45) is 0 Å². The van der Waals surface area contributed by atoms with Crippen LogP contribution in [-0.4, -0.2) is 18.4 Å². The molecule has 0 aromatic carbocycles. The first-order valence-corrected chi connectivity index (χ1v) is 5.17. The van der Waals surface area contributed by atoms with Crippen molar-refractivity contribution in [3.63, 3.8) is 0 Å². The topological polar surface area (TPSA) is 43.4 Å². The molecule has 0 spiro atoms. The second-order valence-electron chi connectivity index (χ2n) is 3.15. The van der Waals surface area contributed by atoms with Gasteiger partial charge in [-0.25, -0.2) is 0 Å². The van der Waals surface area contributed by atoms with Crippen LogP contribution in [0.5, 0.6) is 0 Å². The van der Waals surface area contributed by atoms with Gasteiger partial charge in [-0.1, -0.05) is 27.7 Å². The number of ketones is 1. The second kappa shape index (κ2) is 15.6. The molecule has 0 aromatic rings. The molecule has 92 valence electrons. The molecule has 0 aliphatic heterocycles. The van der Waals surface area contributed by atoms with E-state index < -0.39 is 0 Å². The summed E-state index contributed by atoms with van der Waals surface area (Å²) in [7, 11) is 0. The molecule has 3 nitrogen and oxygen atoms in total. The van der Waals surface area contributed by atoms with Crippen LogP contribution >= 0.6 is 0 Å². The molecule has 0 aliphatic rings. The third-order valence-electron chi connectivity index (χ3n) is 1.39. The Labute approximate surface area is 94.2 Å². The maximum absolute atomic E-state index is 10.2. The molecule has 0 heterocycles. The third kappa shape index (κ3) is 32.0. The minimum Gasteiger partial charge on any atom is -0.466 e. The van der Waals surface area contributed by atoms with Crippen LogP contribution in [0.3, 0.4) is 0 Å². The fraction of sp³-hybridized carbons (Fsp3) is 0.833. The normalized spacial score (nSPS) is 8.00. The Kier molecular flexibility index (Phi) is 20.5. The number of carbonyl (C=O) groups is 2. The summed E-state index contributed by atoms with van der Waals surface area (Å²) < 4.78 is 4.55. The van der Waals surface area contributed by atoms with Gasteiger partial charge in [0.1, 0.15) is 5.78 Å². The maximum Gasteiger partial charge on any atom is 0.302 e. The van der Waals surface area contributed by atoms with Gasteiger partial charge in [0, 0.05) is 13.3 Å². The Balaban J connectivity index is -0.000000180. The van der Waals surface area contributed by atoms with Crippen molar-refractivity contribution in [2.45, 2.75) is 60.8 Å². The Bertz CT molecular complexity index is 135. The predicted molar refractivity (Wildman–Crippen MR) is 63.9 cm³/mol. The molecular formula is C12H26O3. The molecule has 0 atom stereocenters. The minimum atomic E-state index is -0.193. The van der Waals surface area contributed by atoms with Gasteiger partial charge in [0.15, 0.2) is 0 Å². The van der Waals surface area contributed by atoms with Crippen molar-refractivity contribution in [2.75, 3.05) is 6.61 Å². The zero-order chi connectivity index (χ0) is 11.4. The number of ether oxygens (including phenoxy) is 1. The van der Waals surface area contributed by atoms with Crippen LogP contribution in [-0.2, 0) is 14.3 Å². The summed E-state index contributed by atoms with van der Waals surface area (Å²) in [6, 6.07) is 0. The van der Waals surface area contributed by atoms with E-state index in [-0.39, 0.29) is 13.4 Å². The Morgan fingerprint density at radius 1 is 1.07 bits per heavy atom. The lowest BCUT2D eigenvalue weighted by molar-refractivity contribution is -0.140. The van der Waals surface area contributed by atoms with Gasteiger partial charge in [0.05, 0.1) is 6.61 Å². The molecule has 0 amide bonds. The number of unbranched alkanes of at least 4 members (excludes halogenated alkanes) is 1. The molecular weight excluding hydrogens is 192 g/mol. The summed E-state index contributed by atoms with van der Waals surface area (Å²) in [6.07, 6.45) is 3.84. The first-order chi connectivity index (χ1) is 6.54. The number of rotatable bonds is 5. The largest absolute Gasteiger partial charge is 0.466 e. The van der Waals surface area contributed by atoms with Gasteiger partial charge in [-0.2, -0.15) is 0 Å². The van der Waals surface area contributed by atoms with Crippen LogP contribution < -0.4 is 0 Å². The zero-order valence-corrected chi connectivity index (χ0v) is 9.76. The first kappa shape index (κ1) is 19.7. The lowest BCUT2D eigenvalue weighted by atomic mass is 10.2. The van der Waals surface area contributed by atoms with Crippen molar-refractivity contribution < 1.29 is 14.3 Å². The van der Waals surface area contributed by atoms with Gasteiger partial charge in [-0.3, -0.25) is 4.79 Å². The minimum absolute atomic E-state index is 0. The zero-order valence-electron chi connectivity index (χ0n) is 9.76. The predicted octanol–water partition coefficient (Wildman–Crippen LogP) is 3.36. The number of hydrogen-bond acceptors (Lipinski definition) is 3. The number of esters is 1. The summed E-state index contributed by atoms with van der Waals surface area (Å²) in [6.45, 7) is 7.65. The van der Waals surface area contributed by atoms with E-state index in [0.29, 0.717) is 12.4 Å². The Hall–Kier alpha value is -0.860. The smallest absolute Gasteiger partial charge is 0.302 e. The van der Waals surface area contributed by atoms with Gasteiger partial charge in [0.25, 0.3) is 0 Å². The van der Waals surface area contributed by atoms with Crippen molar-refractivity contribution in [3.8, 4) is 0 Å². The van der Waals surface area contributed by atoms with Crippen LogP contribution in [0.4, 0.5) is 0 Å². The highest BCUT2D eigenvalue weighted by atomic mass is 16.5. The van der Waals surface area contributed by atoms with E-state index in [4.69, 9.17) is 0 Å². The highest BCUT2D eigenvalue weighted by molar-refractivity contribution is 5.75. The molecule has 15 heavy (non-hydrogen) atoms.